The van der Waals surface area contributed by atoms with Crippen molar-refractivity contribution in [3.63, 3.8) is 0 Å². The van der Waals surface area contributed by atoms with Gasteiger partial charge in [-0.3, -0.25) is 4.90 Å². The molecule has 0 bridgehead atoms. The zero-order chi connectivity index (χ0) is 11.0. The Morgan fingerprint density at radius 2 is 1.94 bits per heavy atom. The summed E-state index contributed by atoms with van der Waals surface area (Å²) in [5.74, 6) is 1.05. The molecule has 2 nitrogen and oxygen atoms in total. The number of piperazine rings is 1. The summed E-state index contributed by atoms with van der Waals surface area (Å²) in [6.07, 6.45) is 10.3. The van der Waals surface area contributed by atoms with Gasteiger partial charge in [0.05, 0.1) is 0 Å². The largest absolute Gasteiger partial charge is 0.311 e. The van der Waals surface area contributed by atoms with Gasteiger partial charge in [-0.05, 0) is 38.5 Å². The molecule has 0 amide bonds. The van der Waals surface area contributed by atoms with Gasteiger partial charge in [-0.1, -0.05) is 19.3 Å². The zero-order valence-corrected chi connectivity index (χ0v) is 10.7. The van der Waals surface area contributed by atoms with Crippen LogP contribution >= 0.6 is 0 Å². The number of nitrogens with one attached hydrogen (secondary N) is 1. The Morgan fingerprint density at radius 3 is 2.62 bits per heavy atom. The molecular weight excluding hydrogens is 196 g/mol. The molecule has 1 heterocycles. The molecule has 92 valence electrons. The minimum absolute atomic E-state index is 0.549. The molecule has 3 fully saturated rings. The van der Waals surface area contributed by atoms with Crippen molar-refractivity contribution in [1.29, 1.82) is 0 Å². The van der Waals surface area contributed by atoms with Gasteiger partial charge in [-0.2, -0.15) is 0 Å². The minimum atomic E-state index is 0.549. The van der Waals surface area contributed by atoms with Gasteiger partial charge in [0, 0.05) is 31.2 Å². The van der Waals surface area contributed by atoms with Gasteiger partial charge in [0.25, 0.3) is 0 Å². The van der Waals surface area contributed by atoms with Crippen LogP contribution in [0.3, 0.4) is 0 Å². The van der Waals surface area contributed by atoms with Crippen LogP contribution < -0.4 is 5.32 Å². The third-order valence-electron chi connectivity index (χ3n) is 4.90. The van der Waals surface area contributed by atoms with E-state index in [0.717, 1.165) is 5.92 Å². The monoisotopic (exact) mass is 222 g/mol. The van der Waals surface area contributed by atoms with Crippen LogP contribution in [0.4, 0.5) is 0 Å². The van der Waals surface area contributed by atoms with Crippen molar-refractivity contribution in [3.8, 4) is 0 Å². The van der Waals surface area contributed by atoms with E-state index in [1.165, 1.54) is 64.6 Å². The number of hydrogen-bond donors (Lipinski definition) is 1. The van der Waals surface area contributed by atoms with Crippen LogP contribution in [0.25, 0.3) is 0 Å². The summed E-state index contributed by atoms with van der Waals surface area (Å²) in [4.78, 5) is 2.87. The molecular formula is C14H26N2. The van der Waals surface area contributed by atoms with Crippen molar-refractivity contribution in [2.45, 2.75) is 63.5 Å². The zero-order valence-electron chi connectivity index (χ0n) is 10.7. The first kappa shape index (κ1) is 11.0. The Hall–Kier alpha value is -0.0800. The normalized spacial score (nSPS) is 35.4. The van der Waals surface area contributed by atoms with Gasteiger partial charge in [-0.15, -0.1) is 0 Å². The van der Waals surface area contributed by atoms with Crippen molar-refractivity contribution < 1.29 is 0 Å². The first-order chi connectivity index (χ1) is 7.78. The maximum atomic E-state index is 3.72. The predicted octanol–water partition coefficient (Wildman–Crippen LogP) is 2.39. The van der Waals surface area contributed by atoms with Gasteiger partial charge in [0.15, 0.2) is 0 Å². The molecule has 2 aliphatic carbocycles. The summed E-state index contributed by atoms with van der Waals surface area (Å²) < 4.78 is 0. The molecule has 1 atom stereocenters. The number of hydrogen-bond acceptors (Lipinski definition) is 2. The fraction of sp³-hybridized carbons (Fsp3) is 1.00. The van der Waals surface area contributed by atoms with E-state index >= 15 is 0 Å². The second kappa shape index (κ2) is 4.30. The first-order valence-corrected chi connectivity index (χ1v) is 7.27. The highest BCUT2D eigenvalue weighted by Gasteiger charge is 2.42. The lowest BCUT2D eigenvalue weighted by Gasteiger charge is -2.52. The van der Waals surface area contributed by atoms with E-state index in [0.29, 0.717) is 11.6 Å². The summed E-state index contributed by atoms with van der Waals surface area (Å²) in [6, 6.07) is 0.700. The fourth-order valence-electron chi connectivity index (χ4n) is 3.65. The fourth-order valence-corrected chi connectivity index (χ4v) is 3.65. The number of nitrogens with zero attached hydrogens (tertiary/aromatic N) is 1. The molecule has 0 aromatic rings. The smallest absolute Gasteiger partial charge is 0.0334 e. The van der Waals surface area contributed by atoms with Crippen LogP contribution in [0.1, 0.15) is 51.9 Å². The highest BCUT2D eigenvalue weighted by molar-refractivity contribution is 5.01. The van der Waals surface area contributed by atoms with E-state index in [1.807, 2.05) is 0 Å². The van der Waals surface area contributed by atoms with E-state index in [9.17, 15) is 0 Å². The molecule has 0 aromatic heterocycles. The van der Waals surface area contributed by atoms with Crippen molar-refractivity contribution in [2.75, 3.05) is 19.6 Å². The molecule has 1 N–H and O–H groups in total. The Bertz CT molecular complexity index is 239. The Kier molecular flexibility index (Phi) is 2.97. The molecule has 1 spiro atoms. The van der Waals surface area contributed by atoms with Gasteiger partial charge in [0.2, 0.25) is 0 Å². The maximum absolute atomic E-state index is 3.72. The SMILES string of the molecule is CC1CN(CC2CC2)C2(CCCCC2)CN1. The molecule has 1 saturated heterocycles. The second-order valence-corrected chi connectivity index (χ2v) is 6.42. The summed E-state index contributed by atoms with van der Waals surface area (Å²) >= 11 is 0. The Balaban J connectivity index is 1.71. The standard InChI is InChI=1S/C14H26N2/c1-12-9-16(10-13-5-6-13)14(11-15-12)7-3-2-4-8-14/h12-13,15H,2-11H2,1H3. The van der Waals surface area contributed by atoms with E-state index in [2.05, 4.69) is 17.1 Å². The van der Waals surface area contributed by atoms with Crippen LogP contribution in [-0.4, -0.2) is 36.1 Å². The second-order valence-electron chi connectivity index (χ2n) is 6.42. The molecule has 2 saturated carbocycles. The van der Waals surface area contributed by atoms with E-state index in [1.54, 1.807) is 0 Å². The van der Waals surface area contributed by atoms with Crippen molar-refractivity contribution in [1.82, 2.24) is 10.2 Å². The topological polar surface area (TPSA) is 15.3 Å². The molecule has 2 heteroatoms. The van der Waals surface area contributed by atoms with Crippen LogP contribution in [0.15, 0.2) is 0 Å². The minimum Gasteiger partial charge on any atom is -0.311 e. The van der Waals surface area contributed by atoms with Crippen molar-refractivity contribution in [2.24, 2.45) is 5.92 Å². The molecule has 0 aromatic carbocycles. The van der Waals surface area contributed by atoms with Crippen LogP contribution in [0.2, 0.25) is 0 Å². The van der Waals surface area contributed by atoms with E-state index in [-0.39, 0.29) is 0 Å². The highest BCUT2D eigenvalue weighted by atomic mass is 15.3. The molecule has 0 radical (unpaired) electrons. The molecule has 3 aliphatic rings. The summed E-state index contributed by atoms with van der Waals surface area (Å²) in [5, 5.41) is 3.72. The summed E-state index contributed by atoms with van der Waals surface area (Å²) in [7, 11) is 0. The van der Waals surface area contributed by atoms with Gasteiger partial charge < -0.3 is 5.32 Å². The van der Waals surface area contributed by atoms with Gasteiger partial charge in [0.1, 0.15) is 0 Å². The average Bonchev–Trinajstić information content (AvgIpc) is 3.10. The van der Waals surface area contributed by atoms with Crippen molar-refractivity contribution >= 4 is 0 Å². The lowest BCUT2D eigenvalue weighted by Crippen LogP contribution is -2.64. The van der Waals surface area contributed by atoms with Crippen LogP contribution in [0.5, 0.6) is 0 Å². The first-order valence-electron chi connectivity index (χ1n) is 7.27. The lowest BCUT2D eigenvalue weighted by atomic mass is 9.78. The quantitative estimate of drug-likeness (QED) is 0.772. The van der Waals surface area contributed by atoms with Gasteiger partial charge in [-0.25, -0.2) is 0 Å². The molecule has 3 rings (SSSR count). The predicted molar refractivity (Wildman–Crippen MR) is 67.6 cm³/mol. The van der Waals surface area contributed by atoms with Gasteiger partial charge >= 0.3 is 0 Å². The lowest BCUT2D eigenvalue weighted by molar-refractivity contribution is 0.00933. The van der Waals surface area contributed by atoms with Crippen LogP contribution in [-0.2, 0) is 0 Å². The summed E-state index contributed by atoms with van der Waals surface area (Å²) in [6.45, 7) is 6.28. The van der Waals surface area contributed by atoms with E-state index < -0.39 is 0 Å². The third kappa shape index (κ3) is 2.14. The summed E-state index contributed by atoms with van der Waals surface area (Å²) in [5.41, 5.74) is 0.549. The molecule has 1 unspecified atom stereocenters. The third-order valence-corrected chi connectivity index (χ3v) is 4.90. The molecule has 1 aliphatic heterocycles. The average molecular weight is 222 g/mol. The molecule has 16 heavy (non-hydrogen) atoms. The maximum Gasteiger partial charge on any atom is 0.0334 e. The van der Waals surface area contributed by atoms with Crippen molar-refractivity contribution in [3.05, 3.63) is 0 Å². The Labute approximate surface area is 99.8 Å². The number of rotatable bonds is 2. The van der Waals surface area contributed by atoms with Crippen LogP contribution in [0, 0.1) is 5.92 Å². The highest BCUT2D eigenvalue weighted by Crippen LogP contribution is 2.39. The van der Waals surface area contributed by atoms with E-state index in [4.69, 9.17) is 0 Å². The Morgan fingerprint density at radius 1 is 1.19 bits per heavy atom.